The van der Waals surface area contributed by atoms with Crippen molar-refractivity contribution >= 4 is 65.1 Å². The van der Waals surface area contributed by atoms with Crippen molar-refractivity contribution in [3.05, 3.63) is 48.0 Å². The maximum absolute atomic E-state index is 13.6. The van der Waals surface area contributed by atoms with Crippen LogP contribution in [0.25, 0.3) is 10.8 Å². The predicted octanol–water partition coefficient (Wildman–Crippen LogP) is -0.760. The normalized spacial score (nSPS) is 13.8. The Bertz CT molecular complexity index is 1620. The van der Waals surface area contributed by atoms with Crippen molar-refractivity contribution in [2.75, 3.05) is 6.54 Å². The molecular weight excluding hydrogens is 673 g/mol. The maximum atomic E-state index is 13.6. The van der Waals surface area contributed by atoms with E-state index in [0.717, 1.165) is 23.6 Å². The lowest BCUT2D eigenvalue weighted by molar-refractivity contribution is -0.140. The number of amides is 6. The van der Waals surface area contributed by atoms with Gasteiger partial charge in [-0.15, -0.1) is 0 Å². The van der Waals surface area contributed by atoms with Gasteiger partial charge < -0.3 is 48.0 Å². The van der Waals surface area contributed by atoms with Crippen LogP contribution in [-0.4, -0.2) is 96.2 Å². The van der Waals surface area contributed by atoms with E-state index in [1.54, 1.807) is 26.0 Å². The molecule has 2 rings (SSSR count). The molecule has 16 nitrogen and oxygen atoms in total. The summed E-state index contributed by atoms with van der Waals surface area (Å²) >= 11 is 0. The Balaban J connectivity index is 2.18. The summed E-state index contributed by atoms with van der Waals surface area (Å²) in [6.45, 7) is 6.44. The van der Waals surface area contributed by atoms with Crippen molar-refractivity contribution in [3.8, 4) is 0 Å². The largest absolute Gasteiger partial charge is 0.481 e. The standard InChI is InChI=1S/C35H49BN7O9/c1-5-6-13-36-27(44)18-39-35(52)30(19(2)3)43-31(48)20(4)40-33(50)26(17-28(38)45)42-34(51)25(41-32(49)24(37)16-29(46)47)15-21-11-12-22-9-7-8-10-23(22)14-21/h7-12,14,19-20,24-26,30H,5-6,13,15-18,37H2,1-4H3,(H2,38,45)(H,39,52)(H,40,50)(H,41,49)(H,42,51)(H,43,48)(H,46,47)/t20-,24-,25-,26-,30-/m0/s1. The molecule has 0 saturated heterocycles. The highest BCUT2D eigenvalue weighted by Crippen LogP contribution is 2.17. The quantitative estimate of drug-likeness (QED) is 0.0556. The molecule has 0 fully saturated rings. The van der Waals surface area contributed by atoms with E-state index in [-0.39, 0.29) is 18.6 Å². The first-order chi connectivity index (χ1) is 24.5. The minimum absolute atomic E-state index is 0.104. The lowest BCUT2D eigenvalue weighted by Gasteiger charge is -2.26. The number of nitrogens with two attached hydrogens (primary N) is 2. The van der Waals surface area contributed by atoms with Crippen LogP contribution in [0.1, 0.15) is 58.9 Å². The molecule has 52 heavy (non-hydrogen) atoms. The van der Waals surface area contributed by atoms with Crippen molar-refractivity contribution in [2.24, 2.45) is 17.4 Å². The second-order valence-corrected chi connectivity index (χ2v) is 12.9. The number of rotatable bonds is 22. The van der Waals surface area contributed by atoms with Crippen LogP contribution in [-0.2, 0) is 44.8 Å². The average molecular weight is 723 g/mol. The number of benzene rings is 2. The molecule has 0 aliphatic rings. The third-order valence-corrected chi connectivity index (χ3v) is 8.02. The molecule has 0 aliphatic carbocycles. The monoisotopic (exact) mass is 722 g/mol. The fourth-order valence-corrected chi connectivity index (χ4v) is 5.07. The summed E-state index contributed by atoms with van der Waals surface area (Å²) in [5, 5.41) is 23.2. The van der Waals surface area contributed by atoms with Gasteiger partial charge in [0, 0.05) is 6.42 Å². The molecule has 6 amide bonds. The predicted molar refractivity (Wildman–Crippen MR) is 193 cm³/mol. The minimum Gasteiger partial charge on any atom is -0.481 e. The summed E-state index contributed by atoms with van der Waals surface area (Å²) in [6, 6.07) is 5.98. The van der Waals surface area contributed by atoms with Gasteiger partial charge >= 0.3 is 5.97 Å². The van der Waals surface area contributed by atoms with Gasteiger partial charge in [-0.2, -0.15) is 0 Å². The highest BCUT2D eigenvalue weighted by molar-refractivity contribution is 6.74. The van der Waals surface area contributed by atoms with Gasteiger partial charge in [0.05, 0.1) is 25.4 Å². The zero-order valence-corrected chi connectivity index (χ0v) is 29.9. The van der Waals surface area contributed by atoms with Crippen LogP contribution in [0.4, 0.5) is 0 Å². The first kappa shape index (κ1) is 42.9. The van der Waals surface area contributed by atoms with Crippen molar-refractivity contribution in [3.63, 3.8) is 0 Å². The van der Waals surface area contributed by atoms with Crippen LogP contribution >= 0.6 is 0 Å². The van der Waals surface area contributed by atoms with Crippen LogP contribution in [0.3, 0.4) is 0 Å². The zero-order valence-electron chi connectivity index (χ0n) is 29.9. The van der Waals surface area contributed by atoms with Gasteiger partial charge in [0.25, 0.3) is 0 Å². The summed E-state index contributed by atoms with van der Waals surface area (Å²) < 4.78 is 0. The van der Waals surface area contributed by atoms with Gasteiger partial charge in [-0.25, -0.2) is 0 Å². The van der Waals surface area contributed by atoms with E-state index in [4.69, 9.17) is 16.6 Å². The molecule has 17 heteroatoms. The molecule has 2 aromatic rings. The molecule has 0 aromatic heterocycles. The summed E-state index contributed by atoms with van der Waals surface area (Å²) in [4.78, 5) is 101. The number of aliphatic carboxylic acids is 1. The Morgan fingerprint density at radius 3 is 2.02 bits per heavy atom. The fourth-order valence-electron chi connectivity index (χ4n) is 5.07. The van der Waals surface area contributed by atoms with E-state index >= 15 is 0 Å². The summed E-state index contributed by atoms with van der Waals surface area (Å²) in [7, 11) is 1.50. The lowest BCUT2D eigenvalue weighted by Crippen LogP contribution is -2.59. The number of carboxylic acids is 1. The third-order valence-electron chi connectivity index (χ3n) is 8.02. The Hall–Kier alpha value is -5.32. The van der Waals surface area contributed by atoms with Crippen molar-refractivity contribution in [1.29, 1.82) is 0 Å². The van der Waals surface area contributed by atoms with Crippen LogP contribution < -0.4 is 38.1 Å². The topological polar surface area (TPSA) is 269 Å². The molecule has 0 heterocycles. The smallest absolute Gasteiger partial charge is 0.305 e. The molecular formula is C35H49BN7O9. The van der Waals surface area contributed by atoms with Gasteiger partial charge in [0.1, 0.15) is 29.8 Å². The summed E-state index contributed by atoms with van der Waals surface area (Å²) in [5.41, 5.74) is 11.4. The molecule has 0 aliphatic heterocycles. The molecule has 0 spiro atoms. The first-order valence-electron chi connectivity index (χ1n) is 17.1. The molecule has 2 aromatic carbocycles. The van der Waals surface area contributed by atoms with E-state index in [2.05, 4.69) is 26.6 Å². The van der Waals surface area contributed by atoms with Gasteiger partial charge in [-0.1, -0.05) is 82.4 Å². The van der Waals surface area contributed by atoms with Crippen LogP contribution in [0.5, 0.6) is 0 Å². The Labute approximate surface area is 303 Å². The van der Waals surface area contributed by atoms with E-state index in [9.17, 15) is 38.4 Å². The number of primary amides is 1. The van der Waals surface area contributed by atoms with E-state index in [0.29, 0.717) is 11.9 Å². The highest BCUT2D eigenvalue weighted by atomic mass is 16.4. The Morgan fingerprint density at radius 2 is 1.40 bits per heavy atom. The third kappa shape index (κ3) is 14.5. The maximum Gasteiger partial charge on any atom is 0.305 e. The van der Waals surface area contributed by atoms with Crippen molar-refractivity contribution in [2.45, 2.75) is 96.3 Å². The second kappa shape index (κ2) is 21.1. The molecule has 10 N–H and O–H groups in total. The number of nitrogens with one attached hydrogen (secondary N) is 5. The van der Waals surface area contributed by atoms with Crippen molar-refractivity contribution in [1.82, 2.24) is 26.6 Å². The molecule has 281 valence electrons. The van der Waals surface area contributed by atoms with Gasteiger partial charge in [0.2, 0.25) is 42.7 Å². The van der Waals surface area contributed by atoms with E-state index < -0.39 is 90.4 Å². The zero-order chi connectivity index (χ0) is 39.0. The van der Waals surface area contributed by atoms with Gasteiger partial charge in [-0.3, -0.25) is 33.6 Å². The van der Waals surface area contributed by atoms with Crippen LogP contribution in [0, 0.1) is 5.92 Å². The fraction of sp³-hybridized carbons (Fsp3) is 0.486. The second-order valence-electron chi connectivity index (χ2n) is 12.9. The number of hydrogen-bond donors (Lipinski definition) is 8. The highest BCUT2D eigenvalue weighted by Gasteiger charge is 2.32. The SMILES string of the molecule is CCCC[B]C(=O)CNC(=O)[C@@H](NC(=O)[C@H](C)NC(=O)[C@H](CC(N)=O)NC(=O)[C@H](Cc1ccc2ccccc2c1)NC(=O)[C@@H](N)CC(=O)O)C(C)C. The summed E-state index contributed by atoms with van der Waals surface area (Å²) in [6.07, 6.45) is 0.846. The number of carboxylic acid groups (broad SMARTS) is 1. The number of carbonyl (C=O) groups is 8. The van der Waals surface area contributed by atoms with Crippen LogP contribution in [0.2, 0.25) is 6.32 Å². The molecule has 1 radical (unpaired) electrons. The minimum atomic E-state index is -1.59. The van der Waals surface area contributed by atoms with E-state index in [1.807, 2.05) is 37.3 Å². The molecule has 0 unspecified atom stereocenters. The summed E-state index contributed by atoms with van der Waals surface area (Å²) in [5.74, 6) is -6.87. The Morgan fingerprint density at radius 1 is 0.769 bits per heavy atom. The Kier molecular flexibility index (Phi) is 17.4. The lowest BCUT2D eigenvalue weighted by atomic mass is 9.68. The number of fused-ring (bicyclic) bond motifs is 1. The number of hydrogen-bond acceptors (Lipinski definition) is 9. The molecule has 5 atom stereocenters. The number of unbranched alkanes of at least 4 members (excludes halogenated alkanes) is 1. The van der Waals surface area contributed by atoms with Gasteiger partial charge in [0.15, 0.2) is 0 Å². The van der Waals surface area contributed by atoms with Crippen molar-refractivity contribution < 1.29 is 43.5 Å². The van der Waals surface area contributed by atoms with Crippen LogP contribution in [0.15, 0.2) is 42.5 Å². The average Bonchev–Trinajstić information content (AvgIpc) is 3.08. The molecule has 0 bridgehead atoms. The number of carbonyl (C=O) groups excluding carboxylic acids is 7. The molecule has 0 saturated carbocycles. The van der Waals surface area contributed by atoms with Gasteiger partial charge in [-0.05, 0) is 29.2 Å². The first-order valence-corrected chi connectivity index (χ1v) is 17.1. The van der Waals surface area contributed by atoms with E-state index in [1.165, 1.54) is 14.2 Å².